The van der Waals surface area contributed by atoms with Gasteiger partial charge in [-0.15, -0.1) is 23.1 Å². The lowest BCUT2D eigenvalue weighted by molar-refractivity contribution is 0.0702. The number of benzene rings is 1. The van der Waals surface area contributed by atoms with Crippen molar-refractivity contribution in [1.82, 2.24) is 0 Å². The van der Waals surface area contributed by atoms with Gasteiger partial charge in [-0.1, -0.05) is 12.1 Å². The Bertz CT molecular complexity index is 596. The van der Waals surface area contributed by atoms with E-state index in [9.17, 15) is 4.79 Å². The zero-order chi connectivity index (χ0) is 13.0. The molecule has 0 amide bonds. The molecule has 1 heterocycles. The van der Waals surface area contributed by atoms with Crippen LogP contribution in [0.5, 0.6) is 0 Å². The summed E-state index contributed by atoms with van der Waals surface area (Å²) < 4.78 is 0. The lowest BCUT2D eigenvalue weighted by atomic mass is 10.2. The Balaban J connectivity index is 1.98. The van der Waals surface area contributed by atoms with Gasteiger partial charge >= 0.3 is 5.97 Å². The molecule has 0 unspecified atom stereocenters. The van der Waals surface area contributed by atoms with Crippen molar-refractivity contribution in [2.24, 2.45) is 0 Å². The Morgan fingerprint density at radius 3 is 2.67 bits per heavy atom. The number of rotatable bonds is 4. The number of nitriles is 1. The van der Waals surface area contributed by atoms with Crippen molar-refractivity contribution in [3.63, 3.8) is 0 Å². The zero-order valence-corrected chi connectivity index (χ0v) is 10.9. The number of nitrogens with zero attached hydrogens (tertiary/aromatic N) is 1. The molecule has 5 heteroatoms. The van der Waals surface area contributed by atoms with Crippen molar-refractivity contribution in [2.45, 2.75) is 10.6 Å². The van der Waals surface area contributed by atoms with Crippen LogP contribution in [0.1, 0.15) is 20.8 Å². The number of thiophene rings is 1. The first-order valence-electron chi connectivity index (χ1n) is 5.12. The summed E-state index contributed by atoms with van der Waals surface area (Å²) in [6, 6.07) is 11.1. The molecule has 0 saturated heterocycles. The molecule has 0 fully saturated rings. The van der Waals surface area contributed by atoms with Gasteiger partial charge in [-0.05, 0) is 23.8 Å². The Kier molecular flexibility index (Phi) is 4.03. The second-order valence-electron chi connectivity index (χ2n) is 3.55. The molecule has 0 spiro atoms. The van der Waals surface area contributed by atoms with Crippen LogP contribution in [0.3, 0.4) is 0 Å². The molecule has 0 radical (unpaired) electrons. The van der Waals surface area contributed by atoms with Gasteiger partial charge in [-0.25, -0.2) is 4.79 Å². The summed E-state index contributed by atoms with van der Waals surface area (Å²) in [5, 5.41) is 19.3. The lowest BCUT2D eigenvalue weighted by Gasteiger charge is -1.99. The monoisotopic (exact) mass is 275 g/mol. The molecule has 1 aromatic heterocycles. The van der Waals surface area contributed by atoms with Crippen LogP contribution in [0.15, 0.2) is 40.6 Å². The lowest BCUT2D eigenvalue weighted by Crippen LogP contribution is -1.89. The van der Waals surface area contributed by atoms with Gasteiger partial charge < -0.3 is 5.11 Å². The van der Waals surface area contributed by atoms with Gasteiger partial charge in [0, 0.05) is 16.0 Å². The van der Waals surface area contributed by atoms with E-state index in [0.29, 0.717) is 10.4 Å². The largest absolute Gasteiger partial charge is 0.477 e. The van der Waals surface area contributed by atoms with E-state index in [2.05, 4.69) is 6.07 Å². The second kappa shape index (κ2) is 5.71. The third kappa shape index (κ3) is 3.13. The van der Waals surface area contributed by atoms with Crippen molar-refractivity contribution in [3.8, 4) is 6.07 Å². The molecule has 0 atom stereocenters. The molecule has 3 nitrogen and oxygen atoms in total. The highest BCUT2D eigenvalue weighted by Crippen LogP contribution is 2.27. The number of hydrogen-bond donors (Lipinski definition) is 1. The summed E-state index contributed by atoms with van der Waals surface area (Å²) in [5.74, 6) is -0.119. The van der Waals surface area contributed by atoms with Crippen molar-refractivity contribution in [1.29, 1.82) is 5.26 Å². The summed E-state index contributed by atoms with van der Waals surface area (Å²) in [5.41, 5.74) is 1.76. The minimum absolute atomic E-state index is 0.359. The van der Waals surface area contributed by atoms with E-state index in [1.165, 1.54) is 11.3 Å². The SMILES string of the molecule is N#Cc1ccc(CSc2csc(C(=O)O)c2)cc1. The van der Waals surface area contributed by atoms with Crippen LogP contribution in [0.4, 0.5) is 0 Å². The van der Waals surface area contributed by atoms with Gasteiger partial charge in [0.25, 0.3) is 0 Å². The van der Waals surface area contributed by atoms with E-state index in [1.54, 1.807) is 30.0 Å². The third-order valence-electron chi connectivity index (χ3n) is 2.27. The Labute approximate surface area is 113 Å². The first-order valence-corrected chi connectivity index (χ1v) is 6.99. The maximum atomic E-state index is 10.7. The van der Waals surface area contributed by atoms with Gasteiger partial charge in [-0.3, -0.25) is 0 Å². The quantitative estimate of drug-likeness (QED) is 0.866. The number of hydrogen-bond acceptors (Lipinski definition) is 4. The van der Waals surface area contributed by atoms with Crippen LogP contribution >= 0.6 is 23.1 Å². The fourth-order valence-electron chi connectivity index (χ4n) is 1.35. The van der Waals surface area contributed by atoms with E-state index in [4.69, 9.17) is 10.4 Å². The molecular weight excluding hydrogens is 266 g/mol. The molecule has 90 valence electrons. The predicted molar refractivity (Wildman–Crippen MR) is 72.0 cm³/mol. The Morgan fingerprint density at radius 1 is 1.39 bits per heavy atom. The van der Waals surface area contributed by atoms with Gasteiger partial charge in [0.1, 0.15) is 4.88 Å². The molecule has 0 aliphatic heterocycles. The molecule has 0 aliphatic carbocycles. The van der Waals surface area contributed by atoms with Crippen LogP contribution in [0.2, 0.25) is 0 Å². The first kappa shape index (κ1) is 12.7. The molecule has 2 aromatic rings. The number of carbonyl (C=O) groups is 1. The van der Waals surface area contributed by atoms with Crippen LogP contribution in [-0.2, 0) is 5.75 Å². The molecule has 0 bridgehead atoms. The standard InChI is InChI=1S/C13H9NO2S2/c14-6-9-1-3-10(4-2-9)7-17-11-5-12(13(15)16)18-8-11/h1-5,8H,7H2,(H,15,16). The molecule has 0 aliphatic rings. The highest BCUT2D eigenvalue weighted by Gasteiger charge is 2.07. The van der Waals surface area contributed by atoms with Crippen LogP contribution in [0, 0.1) is 11.3 Å². The summed E-state index contributed by atoms with van der Waals surface area (Å²) in [4.78, 5) is 12.0. The maximum Gasteiger partial charge on any atom is 0.345 e. The van der Waals surface area contributed by atoms with E-state index in [-0.39, 0.29) is 0 Å². The number of thioether (sulfide) groups is 1. The van der Waals surface area contributed by atoms with Crippen LogP contribution < -0.4 is 0 Å². The van der Waals surface area contributed by atoms with E-state index >= 15 is 0 Å². The zero-order valence-electron chi connectivity index (χ0n) is 9.29. The molecule has 18 heavy (non-hydrogen) atoms. The van der Waals surface area contributed by atoms with Crippen molar-refractivity contribution in [2.75, 3.05) is 0 Å². The van der Waals surface area contributed by atoms with Gasteiger partial charge in [0.05, 0.1) is 11.6 Å². The number of carboxylic acid groups (broad SMARTS) is 1. The van der Waals surface area contributed by atoms with E-state index in [1.807, 2.05) is 17.5 Å². The topological polar surface area (TPSA) is 61.1 Å². The molecule has 2 rings (SSSR count). The molecule has 1 N–H and O–H groups in total. The molecule has 1 aromatic carbocycles. The first-order chi connectivity index (χ1) is 8.69. The number of carboxylic acids is 1. The minimum Gasteiger partial charge on any atom is -0.477 e. The summed E-state index contributed by atoms with van der Waals surface area (Å²) in [6.07, 6.45) is 0. The average Bonchev–Trinajstić information content (AvgIpc) is 2.86. The van der Waals surface area contributed by atoms with Gasteiger partial charge in [0.2, 0.25) is 0 Å². The summed E-state index contributed by atoms with van der Waals surface area (Å²) in [7, 11) is 0. The van der Waals surface area contributed by atoms with E-state index < -0.39 is 5.97 Å². The van der Waals surface area contributed by atoms with Crippen molar-refractivity contribution >= 4 is 29.1 Å². The smallest absolute Gasteiger partial charge is 0.345 e. The Morgan fingerprint density at radius 2 is 2.11 bits per heavy atom. The van der Waals surface area contributed by atoms with Gasteiger partial charge in [-0.2, -0.15) is 5.26 Å². The highest BCUT2D eigenvalue weighted by atomic mass is 32.2. The maximum absolute atomic E-state index is 10.7. The highest BCUT2D eigenvalue weighted by molar-refractivity contribution is 7.98. The molecular formula is C13H9NO2S2. The fraction of sp³-hybridized carbons (Fsp3) is 0.0769. The van der Waals surface area contributed by atoms with Gasteiger partial charge in [0.15, 0.2) is 0 Å². The minimum atomic E-state index is -0.884. The normalized spacial score (nSPS) is 9.94. The summed E-state index contributed by atoms with van der Waals surface area (Å²) >= 11 is 2.82. The number of aromatic carboxylic acids is 1. The van der Waals surface area contributed by atoms with Crippen LogP contribution in [-0.4, -0.2) is 11.1 Å². The second-order valence-corrected chi connectivity index (χ2v) is 5.51. The van der Waals surface area contributed by atoms with Crippen LogP contribution in [0.25, 0.3) is 0 Å². The third-order valence-corrected chi connectivity index (χ3v) is 4.39. The van der Waals surface area contributed by atoms with Crippen molar-refractivity contribution < 1.29 is 9.90 Å². The Hall–Kier alpha value is -1.77. The molecule has 0 saturated carbocycles. The van der Waals surface area contributed by atoms with E-state index in [0.717, 1.165) is 16.2 Å². The van der Waals surface area contributed by atoms with Crippen molar-refractivity contribution in [3.05, 3.63) is 51.7 Å². The predicted octanol–water partition coefficient (Wildman–Crippen LogP) is 3.61. The fourth-order valence-corrected chi connectivity index (χ4v) is 3.17. The average molecular weight is 275 g/mol. The summed E-state index contributed by atoms with van der Waals surface area (Å²) in [6.45, 7) is 0.